The largest absolute Gasteiger partial charge is 0.265 e. The van der Waals surface area contributed by atoms with E-state index in [4.69, 9.17) is 9.97 Å². The number of benzene rings is 6. The summed E-state index contributed by atoms with van der Waals surface area (Å²) in [5.74, 6) is 0.687. The van der Waals surface area contributed by atoms with Crippen molar-refractivity contribution in [2.45, 2.75) is 0 Å². The van der Waals surface area contributed by atoms with Gasteiger partial charge in [0.1, 0.15) is 0 Å². The van der Waals surface area contributed by atoms with Crippen LogP contribution in [0.4, 0.5) is 0 Å². The Morgan fingerprint density at radius 2 is 0.825 bits per heavy atom. The van der Waals surface area contributed by atoms with Crippen molar-refractivity contribution in [3.63, 3.8) is 0 Å². The van der Waals surface area contributed by atoms with Crippen molar-refractivity contribution in [3.8, 4) is 33.9 Å². The van der Waals surface area contributed by atoms with Gasteiger partial charge in [0, 0.05) is 29.1 Å². The molecule has 0 bridgehead atoms. The van der Waals surface area contributed by atoms with Crippen LogP contribution in [-0.4, -0.2) is 15.0 Å². The van der Waals surface area contributed by atoms with E-state index >= 15 is 0 Å². The fraction of sp³-hybridized carbons (Fsp3) is 0. The highest BCUT2D eigenvalue weighted by molar-refractivity contribution is 6.09. The van der Waals surface area contributed by atoms with E-state index in [9.17, 15) is 0 Å². The van der Waals surface area contributed by atoms with Crippen molar-refractivity contribution < 1.29 is 0 Å². The van der Waals surface area contributed by atoms with Crippen LogP contribution in [0.5, 0.6) is 0 Å². The molecule has 6 aromatic carbocycles. The maximum atomic E-state index is 5.03. The maximum absolute atomic E-state index is 5.03. The fourth-order valence-corrected chi connectivity index (χ4v) is 5.72. The van der Waals surface area contributed by atoms with Crippen LogP contribution >= 0.6 is 0 Å². The van der Waals surface area contributed by atoms with E-state index in [0.717, 1.165) is 28.1 Å². The van der Waals surface area contributed by atoms with Crippen molar-refractivity contribution in [2.75, 3.05) is 0 Å². The van der Waals surface area contributed by atoms with Crippen molar-refractivity contribution in [1.82, 2.24) is 15.0 Å². The Labute approximate surface area is 231 Å². The topological polar surface area (TPSA) is 38.7 Å². The second kappa shape index (κ2) is 9.11. The summed E-state index contributed by atoms with van der Waals surface area (Å²) < 4.78 is 0. The van der Waals surface area contributed by atoms with Crippen LogP contribution in [0.2, 0.25) is 0 Å². The standard InChI is InChI=1S/C37H23N3/c1-3-7-31-24(5-1)9-11-27-21-29(13-15-33(27)31)35-23-36(40-37(39-35)26-17-19-38-20-18-26)30-14-16-34-28(22-30)12-10-25-6-2-4-8-32(25)34/h1-23H. The molecular weight excluding hydrogens is 486 g/mol. The predicted octanol–water partition coefficient (Wildman–Crippen LogP) is 9.49. The first-order valence-electron chi connectivity index (χ1n) is 13.4. The molecule has 0 N–H and O–H groups in total. The Morgan fingerprint density at radius 3 is 1.38 bits per heavy atom. The quantitative estimate of drug-likeness (QED) is 0.223. The molecule has 0 fully saturated rings. The van der Waals surface area contributed by atoms with Gasteiger partial charge in [-0.25, -0.2) is 9.97 Å². The van der Waals surface area contributed by atoms with E-state index in [1.54, 1.807) is 12.4 Å². The molecule has 0 aliphatic heterocycles. The van der Waals surface area contributed by atoms with Crippen LogP contribution in [0.15, 0.2) is 140 Å². The Balaban J connectivity index is 1.32. The molecule has 0 saturated carbocycles. The molecule has 0 aliphatic rings. The summed E-state index contributed by atoms with van der Waals surface area (Å²) in [6, 6.07) is 45.1. The lowest BCUT2D eigenvalue weighted by molar-refractivity contribution is 1.18. The normalized spacial score (nSPS) is 11.5. The van der Waals surface area contributed by atoms with Gasteiger partial charge in [0.25, 0.3) is 0 Å². The molecule has 0 unspecified atom stereocenters. The number of hydrogen-bond donors (Lipinski definition) is 0. The summed E-state index contributed by atoms with van der Waals surface area (Å²) in [5, 5.41) is 9.89. The van der Waals surface area contributed by atoms with Gasteiger partial charge < -0.3 is 0 Å². The zero-order valence-electron chi connectivity index (χ0n) is 21.6. The average Bonchev–Trinajstić information content (AvgIpc) is 3.04. The van der Waals surface area contributed by atoms with Crippen molar-refractivity contribution in [3.05, 3.63) is 140 Å². The van der Waals surface area contributed by atoms with E-state index in [2.05, 4.69) is 120 Å². The van der Waals surface area contributed by atoms with Gasteiger partial charge in [-0.3, -0.25) is 4.98 Å². The monoisotopic (exact) mass is 509 g/mol. The van der Waals surface area contributed by atoms with Gasteiger partial charge in [0.15, 0.2) is 5.82 Å². The molecule has 40 heavy (non-hydrogen) atoms. The van der Waals surface area contributed by atoms with Crippen molar-refractivity contribution in [1.29, 1.82) is 0 Å². The second-order valence-electron chi connectivity index (χ2n) is 10.1. The van der Waals surface area contributed by atoms with Gasteiger partial charge in [-0.2, -0.15) is 0 Å². The van der Waals surface area contributed by atoms with Gasteiger partial charge >= 0.3 is 0 Å². The number of aromatic nitrogens is 3. The van der Waals surface area contributed by atoms with Crippen LogP contribution in [0.1, 0.15) is 0 Å². The summed E-state index contributed by atoms with van der Waals surface area (Å²) >= 11 is 0. The molecule has 8 rings (SSSR count). The minimum absolute atomic E-state index is 0.687. The molecule has 0 atom stereocenters. The third-order valence-corrected chi connectivity index (χ3v) is 7.75. The minimum atomic E-state index is 0.687. The lowest BCUT2D eigenvalue weighted by atomic mass is 9.97. The van der Waals surface area contributed by atoms with Gasteiger partial charge in [0.05, 0.1) is 11.4 Å². The molecule has 0 aliphatic carbocycles. The number of fused-ring (bicyclic) bond motifs is 6. The molecule has 0 amide bonds. The summed E-state index contributed by atoms with van der Waals surface area (Å²) in [5.41, 5.74) is 4.86. The molecule has 3 heteroatoms. The van der Waals surface area contributed by atoms with Gasteiger partial charge in [0.2, 0.25) is 0 Å². The third-order valence-electron chi connectivity index (χ3n) is 7.75. The van der Waals surface area contributed by atoms with Gasteiger partial charge in [-0.15, -0.1) is 0 Å². The Kier molecular flexibility index (Phi) is 5.14. The van der Waals surface area contributed by atoms with Crippen molar-refractivity contribution in [2.24, 2.45) is 0 Å². The van der Waals surface area contributed by atoms with E-state index in [1.165, 1.54) is 43.1 Å². The van der Waals surface area contributed by atoms with E-state index in [0.29, 0.717) is 5.82 Å². The molecule has 2 heterocycles. The van der Waals surface area contributed by atoms with Crippen LogP contribution < -0.4 is 0 Å². The number of nitrogens with zero attached hydrogens (tertiary/aromatic N) is 3. The average molecular weight is 510 g/mol. The Morgan fingerprint density at radius 1 is 0.350 bits per heavy atom. The van der Waals surface area contributed by atoms with E-state index < -0.39 is 0 Å². The predicted molar refractivity (Wildman–Crippen MR) is 166 cm³/mol. The first kappa shape index (κ1) is 22.6. The van der Waals surface area contributed by atoms with Crippen LogP contribution in [0.25, 0.3) is 77.0 Å². The van der Waals surface area contributed by atoms with Crippen molar-refractivity contribution >= 4 is 43.1 Å². The fourth-order valence-electron chi connectivity index (χ4n) is 5.72. The summed E-state index contributed by atoms with van der Waals surface area (Å²) in [4.78, 5) is 14.3. The molecule has 0 saturated heterocycles. The highest BCUT2D eigenvalue weighted by Gasteiger charge is 2.13. The van der Waals surface area contributed by atoms with Crippen LogP contribution in [0, 0.1) is 0 Å². The first-order chi connectivity index (χ1) is 19.8. The summed E-state index contributed by atoms with van der Waals surface area (Å²) in [6.07, 6.45) is 3.57. The molecule has 0 spiro atoms. The summed E-state index contributed by atoms with van der Waals surface area (Å²) in [7, 11) is 0. The zero-order valence-corrected chi connectivity index (χ0v) is 21.6. The molecule has 0 radical (unpaired) electrons. The van der Waals surface area contributed by atoms with Gasteiger partial charge in [-0.05, 0) is 73.4 Å². The Hall–Kier alpha value is -5.41. The SMILES string of the molecule is c1ccc2c(c1)ccc1cc(-c3cc(-c4ccc5c(ccc6ccccc65)c4)nc(-c4ccncc4)n3)ccc12. The molecular formula is C37H23N3. The minimum Gasteiger partial charge on any atom is -0.265 e. The van der Waals surface area contributed by atoms with E-state index in [1.807, 2.05) is 12.1 Å². The Bertz CT molecular complexity index is 2080. The summed E-state index contributed by atoms with van der Waals surface area (Å²) in [6.45, 7) is 0. The molecule has 2 aromatic heterocycles. The number of pyridine rings is 1. The molecule has 8 aromatic rings. The van der Waals surface area contributed by atoms with Crippen LogP contribution in [0.3, 0.4) is 0 Å². The van der Waals surface area contributed by atoms with E-state index in [-0.39, 0.29) is 0 Å². The zero-order chi connectivity index (χ0) is 26.5. The van der Waals surface area contributed by atoms with Gasteiger partial charge in [-0.1, -0.05) is 97.1 Å². The lowest BCUT2D eigenvalue weighted by Gasteiger charge is -2.12. The van der Waals surface area contributed by atoms with Crippen LogP contribution in [-0.2, 0) is 0 Å². The second-order valence-corrected chi connectivity index (χ2v) is 10.1. The highest BCUT2D eigenvalue weighted by Crippen LogP contribution is 2.34. The lowest BCUT2D eigenvalue weighted by Crippen LogP contribution is -1.96. The molecule has 186 valence electrons. The highest BCUT2D eigenvalue weighted by atomic mass is 14.9. The third kappa shape index (κ3) is 3.79. The molecule has 3 nitrogen and oxygen atoms in total. The number of hydrogen-bond acceptors (Lipinski definition) is 3. The maximum Gasteiger partial charge on any atom is 0.160 e. The first-order valence-corrected chi connectivity index (χ1v) is 13.4. The smallest absolute Gasteiger partial charge is 0.160 e. The number of rotatable bonds is 3.